The van der Waals surface area contributed by atoms with E-state index in [1.54, 1.807) is 7.11 Å². The van der Waals surface area contributed by atoms with Crippen LogP contribution in [-0.2, 0) is 11.3 Å². The molecule has 3 nitrogen and oxygen atoms in total. The van der Waals surface area contributed by atoms with Crippen molar-refractivity contribution in [1.82, 2.24) is 5.32 Å². The SMILES string of the molecule is CCNCc1ccc(N(C)C(C)COC)cc1C. The molecule has 1 unspecified atom stereocenters. The number of rotatable bonds is 7. The summed E-state index contributed by atoms with van der Waals surface area (Å²) in [6.07, 6.45) is 0. The number of likely N-dealkylation sites (N-methyl/N-ethyl adjacent to an activating group) is 1. The average Bonchev–Trinajstić information content (AvgIpc) is 2.36. The van der Waals surface area contributed by atoms with E-state index in [1.807, 2.05) is 0 Å². The molecule has 0 aromatic heterocycles. The maximum Gasteiger partial charge on any atom is 0.0663 e. The van der Waals surface area contributed by atoms with E-state index in [0.717, 1.165) is 19.7 Å². The molecule has 1 aromatic rings. The highest BCUT2D eigenvalue weighted by molar-refractivity contribution is 5.51. The van der Waals surface area contributed by atoms with Gasteiger partial charge in [-0.15, -0.1) is 0 Å². The molecule has 0 bridgehead atoms. The Balaban J connectivity index is 2.76. The Hall–Kier alpha value is -1.06. The lowest BCUT2D eigenvalue weighted by molar-refractivity contribution is 0.183. The second-order valence-corrected chi connectivity index (χ2v) is 4.81. The number of hydrogen-bond acceptors (Lipinski definition) is 3. The van der Waals surface area contributed by atoms with Gasteiger partial charge in [-0.25, -0.2) is 0 Å². The molecule has 0 heterocycles. The van der Waals surface area contributed by atoms with Gasteiger partial charge in [0.1, 0.15) is 0 Å². The van der Waals surface area contributed by atoms with Crippen molar-refractivity contribution in [1.29, 1.82) is 0 Å². The van der Waals surface area contributed by atoms with Crippen LogP contribution in [0, 0.1) is 6.92 Å². The van der Waals surface area contributed by atoms with Crippen LogP contribution in [0.25, 0.3) is 0 Å². The molecule has 0 aliphatic rings. The van der Waals surface area contributed by atoms with Gasteiger partial charge in [0, 0.05) is 32.4 Å². The summed E-state index contributed by atoms with van der Waals surface area (Å²) in [5.41, 5.74) is 3.95. The van der Waals surface area contributed by atoms with E-state index in [1.165, 1.54) is 16.8 Å². The molecular weight excluding hydrogens is 224 g/mol. The van der Waals surface area contributed by atoms with E-state index in [-0.39, 0.29) is 0 Å². The first-order valence-corrected chi connectivity index (χ1v) is 6.62. The number of nitrogens with zero attached hydrogens (tertiary/aromatic N) is 1. The lowest BCUT2D eigenvalue weighted by atomic mass is 10.1. The summed E-state index contributed by atoms with van der Waals surface area (Å²) in [6.45, 7) is 9.17. The fourth-order valence-corrected chi connectivity index (χ4v) is 1.96. The predicted molar refractivity (Wildman–Crippen MR) is 78.3 cm³/mol. The number of anilines is 1. The van der Waals surface area contributed by atoms with Gasteiger partial charge in [0.15, 0.2) is 0 Å². The minimum Gasteiger partial charge on any atom is -0.383 e. The smallest absolute Gasteiger partial charge is 0.0663 e. The van der Waals surface area contributed by atoms with Crippen LogP contribution in [0.2, 0.25) is 0 Å². The quantitative estimate of drug-likeness (QED) is 0.805. The third-order valence-electron chi connectivity index (χ3n) is 3.37. The van der Waals surface area contributed by atoms with Crippen molar-refractivity contribution < 1.29 is 4.74 Å². The van der Waals surface area contributed by atoms with Gasteiger partial charge >= 0.3 is 0 Å². The van der Waals surface area contributed by atoms with Gasteiger partial charge < -0.3 is 15.0 Å². The highest BCUT2D eigenvalue weighted by Gasteiger charge is 2.10. The Labute approximate surface area is 111 Å². The van der Waals surface area contributed by atoms with E-state index < -0.39 is 0 Å². The molecule has 18 heavy (non-hydrogen) atoms. The first-order valence-electron chi connectivity index (χ1n) is 6.62. The standard InChI is InChI=1S/C15H26N2O/c1-6-16-10-14-7-8-15(9-12(14)2)17(4)13(3)11-18-5/h7-9,13,16H,6,10-11H2,1-5H3. The number of benzene rings is 1. The Kier molecular flexibility index (Phi) is 6.16. The van der Waals surface area contributed by atoms with E-state index in [4.69, 9.17) is 4.74 Å². The van der Waals surface area contributed by atoms with Crippen molar-refractivity contribution in [3.8, 4) is 0 Å². The van der Waals surface area contributed by atoms with Gasteiger partial charge in [-0.2, -0.15) is 0 Å². The number of hydrogen-bond donors (Lipinski definition) is 1. The Morgan fingerprint density at radius 1 is 1.39 bits per heavy atom. The predicted octanol–water partition coefficient (Wildman–Crippen LogP) is 2.58. The molecule has 0 aliphatic carbocycles. The van der Waals surface area contributed by atoms with Crippen molar-refractivity contribution in [2.24, 2.45) is 0 Å². The molecule has 3 heteroatoms. The van der Waals surface area contributed by atoms with Crippen LogP contribution in [-0.4, -0.2) is 33.4 Å². The molecule has 1 atom stereocenters. The monoisotopic (exact) mass is 250 g/mol. The summed E-state index contributed by atoms with van der Waals surface area (Å²) in [7, 11) is 3.86. The summed E-state index contributed by atoms with van der Waals surface area (Å²) in [5.74, 6) is 0. The van der Waals surface area contributed by atoms with Gasteiger partial charge in [-0.05, 0) is 43.7 Å². The van der Waals surface area contributed by atoms with Crippen LogP contribution in [0.4, 0.5) is 5.69 Å². The molecule has 0 radical (unpaired) electrons. The van der Waals surface area contributed by atoms with Crippen LogP contribution in [0.3, 0.4) is 0 Å². The lowest BCUT2D eigenvalue weighted by Gasteiger charge is -2.27. The highest BCUT2D eigenvalue weighted by atomic mass is 16.5. The minimum absolute atomic E-state index is 0.383. The largest absolute Gasteiger partial charge is 0.383 e. The van der Waals surface area contributed by atoms with Gasteiger partial charge in [0.05, 0.1) is 6.61 Å². The minimum atomic E-state index is 0.383. The Morgan fingerprint density at radius 2 is 2.11 bits per heavy atom. The molecule has 1 rings (SSSR count). The maximum atomic E-state index is 5.20. The lowest BCUT2D eigenvalue weighted by Crippen LogP contribution is -2.32. The van der Waals surface area contributed by atoms with Crippen molar-refractivity contribution in [2.75, 3.05) is 32.2 Å². The van der Waals surface area contributed by atoms with Gasteiger partial charge in [0.2, 0.25) is 0 Å². The average molecular weight is 250 g/mol. The van der Waals surface area contributed by atoms with Gasteiger partial charge in [-0.1, -0.05) is 13.0 Å². The fourth-order valence-electron chi connectivity index (χ4n) is 1.96. The highest BCUT2D eigenvalue weighted by Crippen LogP contribution is 2.20. The number of nitrogens with one attached hydrogen (secondary N) is 1. The molecular formula is C15H26N2O. The van der Waals surface area contributed by atoms with Crippen LogP contribution >= 0.6 is 0 Å². The number of methoxy groups -OCH3 is 1. The Morgan fingerprint density at radius 3 is 2.67 bits per heavy atom. The normalized spacial score (nSPS) is 12.5. The van der Waals surface area contributed by atoms with E-state index in [9.17, 15) is 0 Å². The maximum absolute atomic E-state index is 5.20. The molecule has 0 fully saturated rings. The zero-order valence-corrected chi connectivity index (χ0v) is 12.3. The van der Waals surface area contributed by atoms with Gasteiger partial charge in [0.25, 0.3) is 0 Å². The molecule has 0 spiro atoms. The second kappa shape index (κ2) is 7.39. The molecule has 0 saturated heterocycles. The van der Waals surface area contributed by atoms with E-state index in [0.29, 0.717) is 6.04 Å². The molecule has 1 aromatic carbocycles. The number of ether oxygens (including phenoxy) is 1. The van der Waals surface area contributed by atoms with Crippen LogP contribution < -0.4 is 10.2 Å². The van der Waals surface area contributed by atoms with Crippen LogP contribution in [0.1, 0.15) is 25.0 Å². The zero-order valence-electron chi connectivity index (χ0n) is 12.3. The first-order chi connectivity index (χ1) is 8.60. The summed E-state index contributed by atoms with van der Waals surface area (Å²) in [4.78, 5) is 2.26. The Bertz CT molecular complexity index is 366. The summed E-state index contributed by atoms with van der Waals surface area (Å²) >= 11 is 0. The summed E-state index contributed by atoms with van der Waals surface area (Å²) in [6, 6.07) is 7.03. The van der Waals surface area contributed by atoms with E-state index in [2.05, 4.69) is 56.2 Å². The fraction of sp³-hybridized carbons (Fsp3) is 0.600. The third-order valence-corrected chi connectivity index (χ3v) is 3.37. The summed E-state index contributed by atoms with van der Waals surface area (Å²) < 4.78 is 5.20. The first kappa shape index (κ1) is 15.0. The van der Waals surface area contributed by atoms with Gasteiger partial charge in [-0.3, -0.25) is 0 Å². The van der Waals surface area contributed by atoms with Crippen molar-refractivity contribution in [2.45, 2.75) is 33.4 Å². The van der Waals surface area contributed by atoms with E-state index >= 15 is 0 Å². The molecule has 0 saturated carbocycles. The number of aryl methyl sites for hydroxylation is 1. The van der Waals surface area contributed by atoms with Crippen molar-refractivity contribution >= 4 is 5.69 Å². The topological polar surface area (TPSA) is 24.5 Å². The van der Waals surface area contributed by atoms with Crippen molar-refractivity contribution in [3.05, 3.63) is 29.3 Å². The van der Waals surface area contributed by atoms with Crippen LogP contribution in [0.15, 0.2) is 18.2 Å². The molecule has 1 N–H and O–H groups in total. The van der Waals surface area contributed by atoms with Crippen LogP contribution in [0.5, 0.6) is 0 Å². The molecule has 0 amide bonds. The second-order valence-electron chi connectivity index (χ2n) is 4.81. The van der Waals surface area contributed by atoms with Crippen molar-refractivity contribution in [3.63, 3.8) is 0 Å². The molecule has 102 valence electrons. The third kappa shape index (κ3) is 4.00. The zero-order chi connectivity index (χ0) is 13.5. The summed E-state index contributed by atoms with van der Waals surface area (Å²) in [5, 5.41) is 3.36. The molecule has 0 aliphatic heterocycles.